The first-order valence-electron chi connectivity index (χ1n) is 6.50. The molecule has 3 N–H and O–H groups in total. The summed E-state index contributed by atoms with van der Waals surface area (Å²) in [5.41, 5.74) is 0.363. The smallest absolute Gasteiger partial charge is 0.320 e. The SMILES string of the molecule is CNCCC(=O)Nc1cccc(S(=O)(=O)NCC(=O)OC)c1.Cl. The standard InChI is InChI=1S/C13H19N3O5S.ClH/c1-14-7-6-12(17)16-10-4-3-5-11(8-10)22(19,20)15-9-13(18)21-2;/h3-5,8,14-15H,6-7,9H2,1-2H3,(H,16,17);1H. The molecule has 0 spiro atoms. The Bertz CT molecular complexity index is 636. The molecule has 0 aliphatic carbocycles. The Balaban J connectivity index is 0.00000484. The van der Waals surface area contributed by atoms with Crippen molar-refractivity contribution in [2.75, 3.05) is 32.6 Å². The Morgan fingerprint density at radius 3 is 2.57 bits per heavy atom. The molecule has 0 atom stereocenters. The number of amides is 1. The zero-order valence-corrected chi connectivity index (χ0v) is 14.4. The molecule has 0 radical (unpaired) electrons. The predicted octanol–water partition coefficient (Wildman–Crippen LogP) is 0.108. The normalized spacial score (nSPS) is 10.5. The van der Waals surface area contributed by atoms with Crippen LogP contribution in [0.25, 0.3) is 0 Å². The molecule has 0 bridgehead atoms. The van der Waals surface area contributed by atoms with Gasteiger partial charge in [0.25, 0.3) is 0 Å². The van der Waals surface area contributed by atoms with E-state index in [1.54, 1.807) is 13.1 Å². The van der Waals surface area contributed by atoms with E-state index in [-0.39, 0.29) is 29.6 Å². The Morgan fingerprint density at radius 2 is 1.96 bits per heavy atom. The van der Waals surface area contributed by atoms with Crippen molar-refractivity contribution in [3.63, 3.8) is 0 Å². The fourth-order valence-corrected chi connectivity index (χ4v) is 2.53. The lowest BCUT2D eigenvalue weighted by Crippen LogP contribution is -2.30. The van der Waals surface area contributed by atoms with Gasteiger partial charge in [-0.2, -0.15) is 4.72 Å². The van der Waals surface area contributed by atoms with Crippen LogP contribution in [0.5, 0.6) is 0 Å². The molecule has 0 aromatic heterocycles. The highest BCUT2D eigenvalue weighted by molar-refractivity contribution is 7.89. The molecule has 1 rings (SSSR count). The van der Waals surface area contributed by atoms with Gasteiger partial charge in [-0.15, -0.1) is 12.4 Å². The molecule has 0 unspecified atom stereocenters. The number of nitrogens with one attached hydrogen (secondary N) is 3. The summed E-state index contributed by atoms with van der Waals surface area (Å²) in [5.74, 6) is -0.925. The van der Waals surface area contributed by atoms with Gasteiger partial charge in [-0.25, -0.2) is 8.42 Å². The van der Waals surface area contributed by atoms with Crippen molar-refractivity contribution in [1.29, 1.82) is 0 Å². The van der Waals surface area contributed by atoms with Crippen molar-refractivity contribution >= 4 is 40.0 Å². The number of methoxy groups -OCH3 is 1. The van der Waals surface area contributed by atoms with E-state index in [9.17, 15) is 18.0 Å². The zero-order chi connectivity index (χ0) is 16.6. The van der Waals surface area contributed by atoms with Crippen LogP contribution in [0.1, 0.15) is 6.42 Å². The molecule has 10 heteroatoms. The van der Waals surface area contributed by atoms with Crippen LogP contribution in [0.4, 0.5) is 5.69 Å². The highest BCUT2D eigenvalue weighted by Crippen LogP contribution is 2.15. The van der Waals surface area contributed by atoms with Gasteiger partial charge >= 0.3 is 5.97 Å². The Kier molecular flexibility index (Phi) is 9.42. The highest BCUT2D eigenvalue weighted by atomic mass is 35.5. The van der Waals surface area contributed by atoms with Crippen LogP contribution in [0, 0.1) is 0 Å². The molecular weight excluding hydrogens is 346 g/mol. The largest absolute Gasteiger partial charge is 0.468 e. The van der Waals surface area contributed by atoms with Gasteiger partial charge in [-0.05, 0) is 25.2 Å². The maximum Gasteiger partial charge on any atom is 0.320 e. The monoisotopic (exact) mass is 365 g/mol. The number of esters is 1. The molecule has 130 valence electrons. The number of hydrogen-bond acceptors (Lipinski definition) is 6. The highest BCUT2D eigenvalue weighted by Gasteiger charge is 2.16. The second-order valence-electron chi connectivity index (χ2n) is 4.33. The van der Waals surface area contributed by atoms with E-state index in [2.05, 4.69) is 20.1 Å². The Labute approximate surface area is 141 Å². The summed E-state index contributed by atoms with van der Waals surface area (Å²) in [6.45, 7) is 0.0576. The van der Waals surface area contributed by atoms with E-state index in [1.165, 1.54) is 18.2 Å². The lowest BCUT2D eigenvalue weighted by atomic mass is 10.3. The van der Waals surface area contributed by atoms with Crippen molar-refractivity contribution in [3.05, 3.63) is 24.3 Å². The first-order valence-corrected chi connectivity index (χ1v) is 7.98. The van der Waals surface area contributed by atoms with Crippen LogP contribution in [0.2, 0.25) is 0 Å². The van der Waals surface area contributed by atoms with Gasteiger partial charge in [0.15, 0.2) is 0 Å². The van der Waals surface area contributed by atoms with Gasteiger partial charge in [0.1, 0.15) is 6.54 Å². The predicted molar refractivity (Wildman–Crippen MR) is 88.1 cm³/mol. The Morgan fingerprint density at radius 1 is 1.26 bits per heavy atom. The van der Waals surface area contributed by atoms with E-state index in [1.807, 2.05) is 0 Å². The number of carbonyl (C=O) groups excluding carboxylic acids is 2. The molecule has 8 nitrogen and oxygen atoms in total. The summed E-state index contributed by atoms with van der Waals surface area (Å²) in [6, 6.07) is 5.76. The van der Waals surface area contributed by atoms with Gasteiger partial charge in [-0.1, -0.05) is 6.07 Å². The summed E-state index contributed by atoms with van der Waals surface area (Å²) in [6.07, 6.45) is 0.272. The molecule has 0 fully saturated rings. The quantitative estimate of drug-likeness (QED) is 0.563. The van der Waals surface area contributed by atoms with E-state index in [0.29, 0.717) is 12.2 Å². The molecule has 1 aromatic rings. The maximum atomic E-state index is 12.0. The minimum atomic E-state index is -3.86. The first-order chi connectivity index (χ1) is 10.4. The van der Waals surface area contributed by atoms with Crippen LogP contribution >= 0.6 is 12.4 Å². The molecule has 1 aromatic carbocycles. The van der Waals surface area contributed by atoms with Crippen molar-refractivity contribution in [2.24, 2.45) is 0 Å². The van der Waals surface area contributed by atoms with E-state index >= 15 is 0 Å². The molecule has 1 amide bonds. The minimum Gasteiger partial charge on any atom is -0.468 e. The molecule has 0 heterocycles. The van der Waals surface area contributed by atoms with Crippen LogP contribution in [0.15, 0.2) is 29.2 Å². The number of sulfonamides is 1. The molecule has 0 aliphatic heterocycles. The zero-order valence-electron chi connectivity index (χ0n) is 12.8. The van der Waals surface area contributed by atoms with E-state index < -0.39 is 22.5 Å². The molecule has 0 saturated heterocycles. The van der Waals surface area contributed by atoms with Crippen LogP contribution in [-0.4, -0.2) is 47.5 Å². The second kappa shape index (κ2) is 10.2. The number of benzene rings is 1. The summed E-state index contributed by atoms with van der Waals surface area (Å²) >= 11 is 0. The van der Waals surface area contributed by atoms with Gasteiger partial charge in [0.05, 0.1) is 12.0 Å². The van der Waals surface area contributed by atoms with Crippen molar-refractivity contribution in [2.45, 2.75) is 11.3 Å². The van der Waals surface area contributed by atoms with Crippen molar-refractivity contribution < 1.29 is 22.7 Å². The molecule has 0 saturated carbocycles. The number of anilines is 1. The fraction of sp³-hybridized carbons (Fsp3) is 0.385. The second-order valence-corrected chi connectivity index (χ2v) is 6.10. The summed E-state index contributed by atoms with van der Waals surface area (Å²) < 4.78 is 30.5. The summed E-state index contributed by atoms with van der Waals surface area (Å²) in [7, 11) is -0.961. The number of hydrogen-bond donors (Lipinski definition) is 3. The van der Waals surface area contributed by atoms with E-state index in [4.69, 9.17) is 0 Å². The van der Waals surface area contributed by atoms with Crippen LogP contribution in [-0.2, 0) is 24.3 Å². The minimum absolute atomic E-state index is 0. The number of ether oxygens (including phenoxy) is 1. The van der Waals surface area contributed by atoms with E-state index in [0.717, 1.165) is 7.11 Å². The fourth-order valence-electron chi connectivity index (χ4n) is 1.51. The number of carbonyl (C=O) groups is 2. The lowest BCUT2D eigenvalue weighted by Gasteiger charge is -2.09. The van der Waals surface area contributed by atoms with Gasteiger partial charge in [0, 0.05) is 18.7 Å². The van der Waals surface area contributed by atoms with Gasteiger partial charge in [0.2, 0.25) is 15.9 Å². The lowest BCUT2D eigenvalue weighted by molar-refractivity contribution is -0.139. The summed E-state index contributed by atoms with van der Waals surface area (Å²) in [5, 5.41) is 5.44. The third kappa shape index (κ3) is 7.42. The number of rotatable bonds is 8. The average molecular weight is 366 g/mol. The molecule has 23 heavy (non-hydrogen) atoms. The van der Waals surface area contributed by atoms with Crippen LogP contribution < -0.4 is 15.4 Å². The first kappa shape index (κ1) is 21.3. The summed E-state index contributed by atoms with van der Waals surface area (Å²) in [4.78, 5) is 22.5. The van der Waals surface area contributed by atoms with Gasteiger partial charge in [-0.3, -0.25) is 9.59 Å². The maximum absolute atomic E-state index is 12.0. The van der Waals surface area contributed by atoms with Crippen LogP contribution in [0.3, 0.4) is 0 Å². The Hall–Kier alpha value is -1.68. The third-order valence-corrected chi connectivity index (χ3v) is 4.06. The van der Waals surface area contributed by atoms with Crippen molar-refractivity contribution in [3.8, 4) is 0 Å². The average Bonchev–Trinajstić information content (AvgIpc) is 2.51. The number of halogens is 1. The van der Waals surface area contributed by atoms with Gasteiger partial charge < -0.3 is 15.4 Å². The van der Waals surface area contributed by atoms with Crippen molar-refractivity contribution in [1.82, 2.24) is 10.0 Å². The molecule has 0 aliphatic rings. The topological polar surface area (TPSA) is 114 Å². The molecular formula is C13H20ClN3O5S. The third-order valence-electron chi connectivity index (χ3n) is 2.66.